The molecule has 0 spiro atoms. The summed E-state index contributed by atoms with van der Waals surface area (Å²) >= 11 is 0. The van der Waals surface area contributed by atoms with E-state index in [1.165, 1.54) is 0 Å². The Kier molecular flexibility index (Phi) is 5.06. The van der Waals surface area contributed by atoms with E-state index in [2.05, 4.69) is 4.52 Å². The molecular formula is C6H13O6P-2. The zero-order valence-corrected chi connectivity index (χ0v) is 8.20. The maximum absolute atomic E-state index is 10.1. The molecule has 0 radical (unpaired) electrons. The summed E-state index contributed by atoms with van der Waals surface area (Å²) in [5, 5.41) is 17.7. The fourth-order valence-electron chi connectivity index (χ4n) is 0.683. The van der Waals surface area contributed by atoms with Gasteiger partial charge in [0.2, 0.25) is 0 Å². The second kappa shape index (κ2) is 5.05. The third kappa shape index (κ3) is 4.71. The van der Waals surface area contributed by atoms with Crippen LogP contribution in [0.2, 0.25) is 0 Å². The zero-order chi connectivity index (χ0) is 10.5. The van der Waals surface area contributed by atoms with Gasteiger partial charge in [0.05, 0.1) is 27.6 Å². The Morgan fingerprint density at radius 3 is 2.08 bits per heavy atom. The van der Waals surface area contributed by atoms with Gasteiger partial charge in [0, 0.05) is 5.41 Å². The normalized spacial score (nSPS) is 13.3. The van der Waals surface area contributed by atoms with Gasteiger partial charge in [-0.1, -0.05) is 6.92 Å². The van der Waals surface area contributed by atoms with E-state index in [4.69, 9.17) is 10.2 Å². The number of hydrogen-bond acceptors (Lipinski definition) is 6. The largest absolute Gasteiger partial charge is 0.790 e. The van der Waals surface area contributed by atoms with E-state index in [0.717, 1.165) is 0 Å². The van der Waals surface area contributed by atoms with Crippen LogP contribution in [-0.2, 0) is 9.09 Å². The van der Waals surface area contributed by atoms with Crippen molar-refractivity contribution in [3.8, 4) is 0 Å². The van der Waals surface area contributed by atoms with E-state index in [-0.39, 0.29) is 0 Å². The molecule has 0 heterocycles. The molecule has 0 unspecified atom stereocenters. The molecule has 0 aliphatic heterocycles. The van der Waals surface area contributed by atoms with Gasteiger partial charge in [0.15, 0.2) is 0 Å². The fourth-order valence-corrected chi connectivity index (χ4v) is 1.11. The number of rotatable bonds is 6. The Labute approximate surface area is 76.4 Å². The SMILES string of the molecule is CCC(CO)(CO)COP(=O)([O-])[O-]. The average molecular weight is 212 g/mol. The van der Waals surface area contributed by atoms with Crippen LogP contribution >= 0.6 is 7.82 Å². The molecule has 0 fully saturated rings. The topological polar surface area (TPSA) is 113 Å². The van der Waals surface area contributed by atoms with Crippen molar-refractivity contribution in [3.05, 3.63) is 0 Å². The van der Waals surface area contributed by atoms with Crippen molar-refractivity contribution >= 4 is 7.82 Å². The first-order valence-corrected chi connectivity index (χ1v) is 5.23. The second-order valence-corrected chi connectivity index (χ2v) is 4.04. The fraction of sp³-hybridized carbons (Fsp3) is 1.00. The van der Waals surface area contributed by atoms with Crippen LogP contribution in [0.3, 0.4) is 0 Å². The molecule has 6 nitrogen and oxygen atoms in total. The van der Waals surface area contributed by atoms with Crippen LogP contribution in [0, 0.1) is 5.41 Å². The first-order valence-electron chi connectivity index (χ1n) is 3.77. The highest BCUT2D eigenvalue weighted by atomic mass is 31.2. The van der Waals surface area contributed by atoms with Crippen molar-refractivity contribution in [2.24, 2.45) is 5.41 Å². The van der Waals surface area contributed by atoms with E-state index in [0.29, 0.717) is 6.42 Å². The number of aliphatic hydroxyl groups is 2. The van der Waals surface area contributed by atoms with Gasteiger partial charge in [0.25, 0.3) is 0 Å². The molecule has 0 rings (SSSR count). The highest BCUT2D eigenvalue weighted by Gasteiger charge is 2.27. The van der Waals surface area contributed by atoms with Crippen molar-refractivity contribution in [2.75, 3.05) is 19.8 Å². The smallest absolute Gasteiger partial charge is 0.0618 e. The van der Waals surface area contributed by atoms with Gasteiger partial charge < -0.3 is 29.1 Å². The number of phosphoric acid groups is 1. The van der Waals surface area contributed by atoms with Gasteiger partial charge >= 0.3 is 0 Å². The predicted octanol–water partition coefficient (Wildman–Crippen LogP) is -1.79. The highest BCUT2D eigenvalue weighted by molar-refractivity contribution is 7.43. The summed E-state index contributed by atoms with van der Waals surface area (Å²) < 4.78 is 14.1. The highest BCUT2D eigenvalue weighted by Crippen LogP contribution is 2.30. The predicted molar refractivity (Wildman–Crippen MR) is 40.5 cm³/mol. The number of hydrogen-bond donors (Lipinski definition) is 2. The molecule has 0 aliphatic rings. The molecule has 0 saturated carbocycles. The number of phosphoric ester groups is 1. The average Bonchev–Trinajstić information content (AvgIpc) is 2.06. The lowest BCUT2D eigenvalue weighted by atomic mass is 9.88. The summed E-state index contributed by atoms with van der Waals surface area (Å²) in [7, 11) is -5.02. The molecular weight excluding hydrogens is 199 g/mol. The van der Waals surface area contributed by atoms with Crippen molar-refractivity contribution in [3.63, 3.8) is 0 Å². The van der Waals surface area contributed by atoms with E-state index < -0.39 is 33.1 Å². The molecule has 0 aromatic heterocycles. The standard InChI is InChI=1S/C6H15O6P/c1-2-6(3-7,4-8)5-12-13(9,10)11/h7-8H,2-5H2,1H3,(H2,9,10,11)/p-2. The molecule has 0 amide bonds. The summed E-state index contributed by atoms with van der Waals surface area (Å²) in [4.78, 5) is 20.2. The maximum atomic E-state index is 10.1. The van der Waals surface area contributed by atoms with Gasteiger partial charge in [0.1, 0.15) is 0 Å². The van der Waals surface area contributed by atoms with Gasteiger partial charge in [-0.15, -0.1) is 0 Å². The summed E-state index contributed by atoms with van der Waals surface area (Å²) in [6, 6.07) is 0. The van der Waals surface area contributed by atoms with Crippen LogP contribution < -0.4 is 9.79 Å². The third-order valence-electron chi connectivity index (χ3n) is 1.95. The van der Waals surface area contributed by atoms with Crippen LogP contribution in [-0.4, -0.2) is 30.0 Å². The quantitative estimate of drug-likeness (QED) is 0.503. The van der Waals surface area contributed by atoms with E-state index in [9.17, 15) is 14.4 Å². The van der Waals surface area contributed by atoms with Gasteiger partial charge in [-0.25, -0.2) is 0 Å². The molecule has 0 aromatic rings. The molecule has 2 N–H and O–H groups in total. The maximum Gasteiger partial charge on any atom is 0.0618 e. The van der Waals surface area contributed by atoms with Gasteiger partial charge in [-0.3, -0.25) is 0 Å². The second-order valence-electron chi connectivity index (χ2n) is 2.89. The molecule has 0 aliphatic carbocycles. The Bertz CT molecular complexity index is 175. The molecule has 80 valence electrons. The monoisotopic (exact) mass is 212 g/mol. The van der Waals surface area contributed by atoms with E-state index >= 15 is 0 Å². The minimum atomic E-state index is -5.02. The van der Waals surface area contributed by atoms with Crippen molar-refractivity contribution in [2.45, 2.75) is 13.3 Å². The van der Waals surface area contributed by atoms with Crippen molar-refractivity contribution in [1.29, 1.82) is 0 Å². The van der Waals surface area contributed by atoms with E-state index in [1.807, 2.05) is 0 Å². The Hall–Kier alpha value is 0.0300. The van der Waals surface area contributed by atoms with Crippen LogP contribution in [0.15, 0.2) is 0 Å². The van der Waals surface area contributed by atoms with Crippen LogP contribution in [0.5, 0.6) is 0 Å². The molecule has 0 atom stereocenters. The summed E-state index contributed by atoms with van der Waals surface area (Å²) in [5.74, 6) is 0. The van der Waals surface area contributed by atoms with Gasteiger partial charge in [-0.2, -0.15) is 0 Å². The summed E-state index contributed by atoms with van der Waals surface area (Å²) in [5.41, 5.74) is -1.05. The molecule has 13 heavy (non-hydrogen) atoms. The minimum Gasteiger partial charge on any atom is -0.790 e. The van der Waals surface area contributed by atoms with Gasteiger partial charge in [-0.05, 0) is 6.42 Å². The van der Waals surface area contributed by atoms with Crippen LogP contribution in [0.1, 0.15) is 13.3 Å². The zero-order valence-electron chi connectivity index (χ0n) is 7.30. The van der Waals surface area contributed by atoms with Crippen LogP contribution in [0.4, 0.5) is 0 Å². The van der Waals surface area contributed by atoms with Crippen molar-refractivity contribution < 1.29 is 29.1 Å². The molecule has 0 bridgehead atoms. The summed E-state index contributed by atoms with van der Waals surface area (Å²) in [6.07, 6.45) is 0.319. The molecule has 7 heteroatoms. The Morgan fingerprint density at radius 2 is 1.85 bits per heavy atom. The first-order chi connectivity index (χ1) is 5.89. The van der Waals surface area contributed by atoms with E-state index in [1.54, 1.807) is 6.92 Å². The lowest BCUT2D eigenvalue weighted by molar-refractivity contribution is -0.343. The number of aliphatic hydroxyl groups excluding tert-OH is 2. The molecule has 0 aromatic carbocycles. The Balaban J connectivity index is 4.19. The first kappa shape index (κ1) is 13.0. The van der Waals surface area contributed by atoms with Crippen molar-refractivity contribution in [1.82, 2.24) is 0 Å². The molecule has 0 saturated heterocycles. The minimum absolute atomic E-state index is 0.319. The summed E-state index contributed by atoms with van der Waals surface area (Å²) in [6.45, 7) is 0.303. The lowest BCUT2D eigenvalue weighted by Gasteiger charge is -2.35. The van der Waals surface area contributed by atoms with Crippen LogP contribution in [0.25, 0.3) is 0 Å². The Morgan fingerprint density at radius 1 is 1.38 bits per heavy atom. The third-order valence-corrected chi connectivity index (χ3v) is 2.39. The lowest BCUT2D eigenvalue weighted by Crippen LogP contribution is -2.35.